The second-order valence-corrected chi connectivity index (χ2v) is 5.89. The summed E-state index contributed by atoms with van der Waals surface area (Å²) in [5.74, 6) is -0.268. The van der Waals surface area contributed by atoms with Gasteiger partial charge in [0.1, 0.15) is 5.82 Å². The summed E-state index contributed by atoms with van der Waals surface area (Å²) in [6.07, 6.45) is 7.60. The molecule has 0 amide bonds. The Hall–Kier alpha value is -1.00. The molecule has 1 aromatic heterocycles. The van der Waals surface area contributed by atoms with Crippen LogP contribution in [0.3, 0.4) is 0 Å². The second-order valence-electron chi connectivity index (χ2n) is 5.89. The summed E-state index contributed by atoms with van der Waals surface area (Å²) in [5, 5.41) is 3.48. The molecule has 2 unspecified atom stereocenters. The number of hydrogen-bond acceptors (Lipinski definition) is 3. The molecular formula is C17H28FN3. The number of aromatic nitrogens is 1. The first-order chi connectivity index (χ1) is 10.2. The third-order valence-corrected chi connectivity index (χ3v) is 4.48. The molecule has 4 heteroatoms. The van der Waals surface area contributed by atoms with Gasteiger partial charge in [0, 0.05) is 12.6 Å². The van der Waals surface area contributed by atoms with Crippen molar-refractivity contribution in [3.63, 3.8) is 0 Å². The summed E-state index contributed by atoms with van der Waals surface area (Å²) in [5.41, 5.74) is 0.948. The van der Waals surface area contributed by atoms with Crippen molar-refractivity contribution in [2.75, 3.05) is 19.6 Å². The van der Waals surface area contributed by atoms with Crippen LogP contribution in [0.25, 0.3) is 0 Å². The highest BCUT2D eigenvalue weighted by molar-refractivity contribution is 5.10. The Morgan fingerprint density at radius 3 is 2.90 bits per heavy atom. The van der Waals surface area contributed by atoms with E-state index in [0.29, 0.717) is 0 Å². The topological polar surface area (TPSA) is 28.2 Å². The number of likely N-dealkylation sites (tertiary alicyclic amines) is 1. The van der Waals surface area contributed by atoms with Gasteiger partial charge in [-0.05, 0) is 50.9 Å². The summed E-state index contributed by atoms with van der Waals surface area (Å²) in [6.45, 7) is 7.60. The van der Waals surface area contributed by atoms with Gasteiger partial charge in [-0.2, -0.15) is 0 Å². The fourth-order valence-corrected chi connectivity index (χ4v) is 3.31. The maximum atomic E-state index is 13.0. The molecule has 0 spiro atoms. The quantitative estimate of drug-likeness (QED) is 0.833. The molecule has 1 saturated heterocycles. The Morgan fingerprint density at radius 1 is 1.38 bits per heavy atom. The van der Waals surface area contributed by atoms with Gasteiger partial charge in [0.05, 0.1) is 17.9 Å². The SMILES string of the molecule is CCNC(CCN1CCCCC1CC)c1ccc(F)cn1. The van der Waals surface area contributed by atoms with Gasteiger partial charge < -0.3 is 10.2 Å². The zero-order chi connectivity index (χ0) is 15.1. The van der Waals surface area contributed by atoms with Gasteiger partial charge in [0.25, 0.3) is 0 Å². The minimum Gasteiger partial charge on any atom is -0.309 e. The Kier molecular flexibility index (Phi) is 6.58. The average Bonchev–Trinajstić information content (AvgIpc) is 2.52. The standard InChI is InChI=1S/C17H28FN3/c1-3-15-7-5-6-11-21(15)12-10-17(19-4-2)16-9-8-14(18)13-20-16/h8-9,13,15,17,19H,3-7,10-12H2,1-2H3. The van der Waals surface area contributed by atoms with Crippen LogP contribution in [-0.2, 0) is 0 Å². The summed E-state index contributed by atoms with van der Waals surface area (Å²) >= 11 is 0. The van der Waals surface area contributed by atoms with Crippen molar-refractivity contribution in [2.24, 2.45) is 0 Å². The first-order valence-electron chi connectivity index (χ1n) is 8.33. The molecule has 0 radical (unpaired) electrons. The van der Waals surface area contributed by atoms with E-state index >= 15 is 0 Å². The van der Waals surface area contributed by atoms with Gasteiger partial charge in [-0.3, -0.25) is 4.98 Å². The van der Waals surface area contributed by atoms with Crippen molar-refractivity contribution in [2.45, 2.75) is 58.0 Å². The van der Waals surface area contributed by atoms with E-state index in [1.807, 2.05) is 0 Å². The van der Waals surface area contributed by atoms with Crippen molar-refractivity contribution < 1.29 is 4.39 Å². The van der Waals surface area contributed by atoms with Crippen molar-refractivity contribution in [3.8, 4) is 0 Å². The lowest BCUT2D eigenvalue weighted by molar-refractivity contribution is 0.137. The Labute approximate surface area is 127 Å². The fourth-order valence-electron chi connectivity index (χ4n) is 3.31. The molecule has 3 nitrogen and oxygen atoms in total. The van der Waals surface area contributed by atoms with Crippen LogP contribution >= 0.6 is 0 Å². The van der Waals surface area contributed by atoms with Crippen LogP contribution in [0.2, 0.25) is 0 Å². The molecule has 0 aromatic carbocycles. The zero-order valence-electron chi connectivity index (χ0n) is 13.3. The molecule has 118 valence electrons. The molecule has 2 heterocycles. The van der Waals surface area contributed by atoms with Crippen LogP contribution in [-0.4, -0.2) is 35.6 Å². The van der Waals surface area contributed by atoms with E-state index in [1.54, 1.807) is 6.07 Å². The Balaban J connectivity index is 1.94. The van der Waals surface area contributed by atoms with Crippen LogP contribution in [0.4, 0.5) is 4.39 Å². The Morgan fingerprint density at radius 2 is 2.24 bits per heavy atom. The van der Waals surface area contributed by atoms with Gasteiger partial charge >= 0.3 is 0 Å². The van der Waals surface area contributed by atoms with Gasteiger partial charge in [-0.15, -0.1) is 0 Å². The number of nitrogens with one attached hydrogen (secondary N) is 1. The fraction of sp³-hybridized carbons (Fsp3) is 0.706. The molecular weight excluding hydrogens is 265 g/mol. The maximum Gasteiger partial charge on any atom is 0.141 e. The van der Waals surface area contributed by atoms with Gasteiger partial charge in [0.15, 0.2) is 0 Å². The van der Waals surface area contributed by atoms with E-state index in [0.717, 1.165) is 31.2 Å². The molecule has 1 aromatic rings. The van der Waals surface area contributed by atoms with Crippen molar-refractivity contribution in [3.05, 3.63) is 29.8 Å². The zero-order valence-corrected chi connectivity index (χ0v) is 13.3. The average molecular weight is 293 g/mol. The molecule has 1 aliphatic rings. The molecule has 1 N–H and O–H groups in total. The number of piperidine rings is 1. The first kappa shape index (κ1) is 16.4. The smallest absolute Gasteiger partial charge is 0.141 e. The van der Waals surface area contributed by atoms with Crippen LogP contribution in [0, 0.1) is 5.82 Å². The summed E-state index contributed by atoms with van der Waals surface area (Å²) < 4.78 is 13.0. The molecule has 1 fully saturated rings. The van der Waals surface area contributed by atoms with Crippen molar-refractivity contribution in [1.82, 2.24) is 15.2 Å². The lowest BCUT2D eigenvalue weighted by Gasteiger charge is -2.36. The van der Waals surface area contributed by atoms with E-state index in [2.05, 4.69) is 29.0 Å². The molecule has 2 rings (SSSR count). The van der Waals surface area contributed by atoms with E-state index in [-0.39, 0.29) is 11.9 Å². The lowest BCUT2D eigenvalue weighted by Crippen LogP contribution is -2.40. The number of rotatable bonds is 7. The first-order valence-corrected chi connectivity index (χ1v) is 8.33. The third-order valence-electron chi connectivity index (χ3n) is 4.48. The van der Waals surface area contributed by atoms with Crippen LogP contribution in [0.15, 0.2) is 18.3 Å². The second kappa shape index (κ2) is 8.44. The van der Waals surface area contributed by atoms with E-state index in [4.69, 9.17) is 0 Å². The van der Waals surface area contributed by atoms with Gasteiger partial charge in [0.2, 0.25) is 0 Å². The Bertz CT molecular complexity index is 407. The molecule has 21 heavy (non-hydrogen) atoms. The highest BCUT2D eigenvalue weighted by Gasteiger charge is 2.22. The molecule has 2 atom stereocenters. The number of hydrogen-bond donors (Lipinski definition) is 1. The minimum absolute atomic E-state index is 0.218. The monoisotopic (exact) mass is 293 g/mol. The molecule has 0 aliphatic carbocycles. The van der Waals surface area contributed by atoms with Gasteiger partial charge in [-0.1, -0.05) is 20.3 Å². The molecule has 1 aliphatic heterocycles. The van der Waals surface area contributed by atoms with E-state index in [9.17, 15) is 4.39 Å². The maximum absolute atomic E-state index is 13.0. The normalized spacial score (nSPS) is 21.4. The number of halogens is 1. The summed E-state index contributed by atoms with van der Waals surface area (Å²) in [4.78, 5) is 6.87. The van der Waals surface area contributed by atoms with Gasteiger partial charge in [-0.25, -0.2) is 4.39 Å². The van der Waals surface area contributed by atoms with Crippen molar-refractivity contribution >= 4 is 0 Å². The third kappa shape index (κ3) is 4.75. The number of nitrogens with zero attached hydrogens (tertiary/aromatic N) is 2. The summed E-state index contributed by atoms with van der Waals surface area (Å²) in [6, 6.07) is 4.26. The predicted octanol–water partition coefficient (Wildman–Crippen LogP) is 3.53. The lowest BCUT2D eigenvalue weighted by atomic mass is 9.99. The molecule has 0 saturated carbocycles. The molecule has 0 bridgehead atoms. The van der Waals surface area contributed by atoms with Crippen LogP contribution < -0.4 is 5.32 Å². The van der Waals surface area contributed by atoms with Crippen LogP contribution in [0.1, 0.15) is 57.7 Å². The highest BCUT2D eigenvalue weighted by atomic mass is 19.1. The highest BCUT2D eigenvalue weighted by Crippen LogP contribution is 2.22. The largest absolute Gasteiger partial charge is 0.309 e. The van der Waals surface area contributed by atoms with E-state index in [1.165, 1.54) is 44.5 Å². The minimum atomic E-state index is -0.268. The van der Waals surface area contributed by atoms with Crippen molar-refractivity contribution in [1.29, 1.82) is 0 Å². The predicted molar refractivity (Wildman–Crippen MR) is 84.7 cm³/mol. The summed E-state index contributed by atoms with van der Waals surface area (Å²) in [7, 11) is 0. The van der Waals surface area contributed by atoms with Crippen LogP contribution in [0.5, 0.6) is 0 Å². The number of pyridine rings is 1. The van der Waals surface area contributed by atoms with E-state index < -0.39 is 0 Å².